The molecule has 2 amide bonds. The zero-order valence-electron chi connectivity index (χ0n) is 29.0. The smallest absolute Gasteiger partial charge is 1.00 e. The fourth-order valence-electron chi connectivity index (χ4n) is 7.36. The number of halogens is 1. The Bertz CT molecular complexity index is 1740. The number of anilines is 2. The van der Waals surface area contributed by atoms with Gasteiger partial charge in [0.05, 0.1) is 18.5 Å². The Labute approximate surface area is 340 Å². The van der Waals surface area contributed by atoms with Crippen LogP contribution in [0.1, 0.15) is 68.8 Å². The number of cyclic esters (lactones) is 1. The van der Waals surface area contributed by atoms with Crippen LogP contribution < -0.4 is 80.2 Å². The first-order valence-electron chi connectivity index (χ1n) is 15.9. The Morgan fingerprint density at radius 3 is 2.42 bits per heavy atom. The summed E-state index contributed by atoms with van der Waals surface area (Å²) in [6.07, 6.45) is 8.57. The molecule has 3 aliphatic rings. The van der Waals surface area contributed by atoms with Crippen molar-refractivity contribution in [2.75, 3.05) is 18.2 Å². The minimum Gasteiger partial charge on any atom is -1.00 e. The number of carbonyl (C=O) groups is 5. The number of hydrogen-bond donors (Lipinski definition) is 3. The zero-order valence-corrected chi connectivity index (χ0v) is 32.8. The van der Waals surface area contributed by atoms with Crippen molar-refractivity contribution >= 4 is 41.1 Å². The molecule has 0 spiro atoms. The third-order valence-corrected chi connectivity index (χ3v) is 9.87. The molecular formula is C37H41ClKN3O8. The average Bonchev–Trinajstić information content (AvgIpc) is 3.21. The Morgan fingerprint density at radius 2 is 1.76 bits per heavy atom. The third-order valence-electron chi connectivity index (χ3n) is 9.87. The molecule has 2 bridgehead atoms. The number of para-hydroxylation sites is 2. The number of allylic oxidation sites excluding steroid dienone is 3. The maximum atomic E-state index is 13.8. The van der Waals surface area contributed by atoms with E-state index in [0.29, 0.717) is 47.3 Å². The molecule has 2 fully saturated rings. The molecule has 2 aliphatic carbocycles. The number of ether oxygens (including phenoxy) is 3. The number of hydrogen-bond acceptors (Lipinski definition) is 9. The van der Waals surface area contributed by atoms with E-state index in [1.807, 2.05) is 0 Å². The summed E-state index contributed by atoms with van der Waals surface area (Å²) in [5.74, 6) is -2.41. The van der Waals surface area contributed by atoms with E-state index < -0.39 is 34.5 Å². The van der Waals surface area contributed by atoms with Gasteiger partial charge in [-0.1, -0.05) is 42.5 Å². The summed E-state index contributed by atoms with van der Waals surface area (Å²) >= 11 is 0. The number of nitrogens with one attached hydrogen (secondary N) is 2. The maximum Gasteiger partial charge on any atom is 1.00 e. The summed E-state index contributed by atoms with van der Waals surface area (Å²) in [6.45, 7) is 5.03. The van der Waals surface area contributed by atoms with Gasteiger partial charge in [-0.15, -0.1) is 0 Å². The first-order valence-corrected chi connectivity index (χ1v) is 15.9. The molecule has 0 radical (unpaired) electrons. The minimum atomic E-state index is -1.17. The van der Waals surface area contributed by atoms with E-state index in [0.717, 1.165) is 5.56 Å². The van der Waals surface area contributed by atoms with Gasteiger partial charge in [-0.2, -0.15) is 0 Å². The van der Waals surface area contributed by atoms with Gasteiger partial charge in [0.2, 0.25) is 5.91 Å². The van der Waals surface area contributed by atoms with Crippen LogP contribution in [0.3, 0.4) is 0 Å². The second-order valence-corrected chi connectivity index (χ2v) is 12.8. The number of nitrogen functional groups attached to an aromatic ring is 1. The van der Waals surface area contributed by atoms with Crippen LogP contribution in [-0.2, 0) is 39.9 Å². The SMILES string of the molecule is COC(=O)C1=CC[C@@]23CC[C@@H]([C@@](C)(/C=C/C=C(\C)C(=O)NCc4ccc(C(=O)Nc5ccccc5N)cc4)OC2=O)[C@@]3(OC(C)=O)CC1.[Cl-].[K+]. The first-order chi connectivity index (χ1) is 22.8. The molecule has 13 heteroatoms. The number of carbonyl (C=O) groups excluding carboxylic acids is 5. The van der Waals surface area contributed by atoms with Gasteiger partial charge in [0.15, 0.2) is 0 Å². The molecule has 4 N–H and O–H groups in total. The number of benzene rings is 2. The normalized spacial score (nSPS) is 25.4. The van der Waals surface area contributed by atoms with Gasteiger partial charge >= 0.3 is 69.3 Å². The third kappa shape index (κ3) is 8.11. The Balaban J connectivity index is 0.00000338. The molecule has 0 unspecified atom stereocenters. The number of amides is 2. The van der Waals surface area contributed by atoms with Crippen LogP contribution in [0.4, 0.5) is 11.4 Å². The van der Waals surface area contributed by atoms with Gasteiger partial charge in [0, 0.05) is 36.1 Å². The number of methoxy groups -OCH3 is 1. The number of rotatable bonds is 9. The molecule has 1 heterocycles. The molecule has 5 rings (SSSR count). The van der Waals surface area contributed by atoms with Crippen molar-refractivity contribution < 1.29 is 102 Å². The molecule has 2 aromatic carbocycles. The molecule has 50 heavy (non-hydrogen) atoms. The zero-order chi connectivity index (χ0) is 34.7. The van der Waals surface area contributed by atoms with E-state index in [1.54, 1.807) is 86.7 Å². The van der Waals surface area contributed by atoms with Crippen molar-refractivity contribution in [1.29, 1.82) is 0 Å². The van der Waals surface area contributed by atoms with Crippen LogP contribution in [0.15, 0.2) is 84.0 Å². The van der Waals surface area contributed by atoms with Crippen LogP contribution in [0.2, 0.25) is 0 Å². The average molecular weight is 730 g/mol. The molecule has 1 aliphatic heterocycles. The summed E-state index contributed by atoms with van der Waals surface area (Å²) < 4.78 is 17.1. The van der Waals surface area contributed by atoms with Crippen molar-refractivity contribution in [2.45, 2.75) is 70.6 Å². The second kappa shape index (κ2) is 16.8. The minimum absolute atomic E-state index is 0. The predicted octanol–water partition coefficient (Wildman–Crippen LogP) is -1.06. The fourth-order valence-corrected chi connectivity index (χ4v) is 7.36. The van der Waals surface area contributed by atoms with Crippen molar-refractivity contribution in [1.82, 2.24) is 5.32 Å². The Kier molecular flexibility index (Phi) is 13.9. The van der Waals surface area contributed by atoms with Crippen LogP contribution in [0.25, 0.3) is 0 Å². The molecule has 1 saturated carbocycles. The van der Waals surface area contributed by atoms with Crippen LogP contribution in [0, 0.1) is 11.3 Å². The van der Waals surface area contributed by atoms with E-state index >= 15 is 0 Å². The van der Waals surface area contributed by atoms with Gasteiger partial charge in [-0.05, 0) is 81.9 Å². The quantitative estimate of drug-likeness (QED) is 0.0730. The monoisotopic (exact) mass is 729 g/mol. The molecule has 11 nitrogen and oxygen atoms in total. The molecule has 2 aromatic rings. The fraction of sp³-hybridized carbons (Fsp3) is 0.378. The molecule has 260 valence electrons. The molecule has 0 aromatic heterocycles. The molecule has 4 atom stereocenters. The number of esters is 3. The second-order valence-electron chi connectivity index (χ2n) is 12.8. The van der Waals surface area contributed by atoms with Crippen molar-refractivity contribution in [3.63, 3.8) is 0 Å². The van der Waals surface area contributed by atoms with Gasteiger partial charge in [0.25, 0.3) is 5.91 Å². The van der Waals surface area contributed by atoms with Gasteiger partial charge in [0.1, 0.15) is 16.6 Å². The topological polar surface area (TPSA) is 163 Å². The van der Waals surface area contributed by atoms with Gasteiger partial charge in [-0.25, -0.2) is 4.79 Å². The van der Waals surface area contributed by atoms with Crippen LogP contribution in [0.5, 0.6) is 0 Å². The van der Waals surface area contributed by atoms with E-state index in [2.05, 4.69) is 10.6 Å². The van der Waals surface area contributed by atoms with Crippen LogP contribution in [-0.4, -0.2) is 48.0 Å². The molecular weight excluding hydrogens is 689 g/mol. The summed E-state index contributed by atoms with van der Waals surface area (Å²) in [4.78, 5) is 64.1. The summed E-state index contributed by atoms with van der Waals surface area (Å²) in [7, 11) is 1.31. The van der Waals surface area contributed by atoms with Crippen molar-refractivity contribution in [2.24, 2.45) is 11.3 Å². The first kappa shape index (κ1) is 41.2. The largest absolute Gasteiger partial charge is 1.00 e. The van der Waals surface area contributed by atoms with E-state index in [-0.39, 0.29) is 101 Å². The Hall–Kier alpha value is -3.26. The van der Waals surface area contributed by atoms with E-state index in [9.17, 15) is 24.0 Å². The summed E-state index contributed by atoms with van der Waals surface area (Å²) in [5.41, 5.74) is 5.63. The van der Waals surface area contributed by atoms with Crippen molar-refractivity contribution in [3.05, 3.63) is 95.1 Å². The van der Waals surface area contributed by atoms with Crippen molar-refractivity contribution in [3.8, 4) is 0 Å². The number of nitrogens with two attached hydrogens (primary N) is 1. The standard InChI is InChI=1S/C37H41N3O8.ClH.K/c1-23(31(42)39-22-25-11-13-26(14-12-25)32(43)40-29-10-6-5-9-28(29)38)8-7-18-35(3)30-17-20-36(34(45)48-35)19-15-27(33(44)46-4)16-21-37(30,36)47-24(2)41;;/h5-15,18,30H,16-17,19-22,38H2,1-4H3,(H,39,42)(H,40,43);1H;/q;;+1/p-1/b18-7+,23-8+;;/t30-,35+,36+,37-;;/m0../s1. The van der Waals surface area contributed by atoms with E-state index in [4.69, 9.17) is 19.9 Å². The van der Waals surface area contributed by atoms with Gasteiger partial charge < -0.3 is 43.0 Å². The van der Waals surface area contributed by atoms with Gasteiger partial charge in [-0.3, -0.25) is 19.2 Å². The summed E-state index contributed by atoms with van der Waals surface area (Å²) in [6, 6.07) is 13.9. The molecule has 1 saturated heterocycles. The Morgan fingerprint density at radius 1 is 1.06 bits per heavy atom. The predicted molar refractivity (Wildman–Crippen MR) is 178 cm³/mol. The van der Waals surface area contributed by atoms with Crippen LogP contribution >= 0.6 is 0 Å². The maximum absolute atomic E-state index is 13.8. The van der Waals surface area contributed by atoms with E-state index in [1.165, 1.54) is 14.0 Å². The summed E-state index contributed by atoms with van der Waals surface area (Å²) in [5, 5.41) is 5.66.